The van der Waals surface area contributed by atoms with Gasteiger partial charge in [-0.1, -0.05) is 0 Å². The van der Waals surface area contributed by atoms with Crippen molar-refractivity contribution in [3.63, 3.8) is 0 Å². The fourth-order valence-electron chi connectivity index (χ4n) is 0.579. The van der Waals surface area contributed by atoms with E-state index in [0.717, 1.165) is 12.4 Å². The summed E-state index contributed by atoms with van der Waals surface area (Å²) in [6.45, 7) is 0. The first-order valence-electron chi connectivity index (χ1n) is 3.05. The summed E-state index contributed by atoms with van der Waals surface area (Å²) in [5.41, 5.74) is 0. The number of hydrogen-bond acceptors (Lipinski definition) is 8. The summed E-state index contributed by atoms with van der Waals surface area (Å²) in [6, 6.07) is 0. The Hall–Kier alpha value is -2.52. The Morgan fingerprint density at radius 3 is 1.64 bits per heavy atom. The first-order chi connectivity index (χ1) is 6.59. The van der Waals surface area contributed by atoms with Crippen molar-refractivity contribution < 1.29 is 19.8 Å². The van der Waals surface area contributed by atoms with Crippen LogP contribution in [0.4, 0.5) is 0 Å². The van der Waals surface area contributed by atoms with Gasteiger partial charge < -0.3 is 0 Å². The Balaban J connectivity index is 2.90. The molecule has 0 atom stereocenters. The third-order valence-electron chi connectivity index (χ3n) is 0.955. The van der Waals surface area contributed by atoms with Crippen molar-refractivity contribution in [2.45, 2.75) is 0 Å². The van der Waals surface area contributed by atoms with Gasteiger partial charge in [0.1, 0.15) is 0 Å². The smallest absolute Gasteiger partial charge is 0.252 e. The van der Waals surface area contributed by atoms with E-state index < -0.39 is 21.9 Å². The molecule has 74 valence electrons. The number of nitrogens with zero attached hydrogens (tertiary/aromatic N) is 4. The highest BCUT2D eigenvalue weighted by molar-refractivity contribution is 5.22. The summed E-state index contributed by atoms with van der Waals surface area (Å²) in [5, 5.41) is 17.4. The van der Waals surface area contributed by atoms with Crippen LogP contribution in [0.5, 0.6) is 11.8 Å². The summed E-state index contributed by atoms with van der Waals surface area (Å²) >= 11 is 0. The highest BCUT2D eigenvalue weighted by atomic mass is 17.0. The van der Waals surface area contributed by atoms with Crippen molar-refractivity contribution in [1.82, 2.24) is 9.97 Å². The second kappa shape index (κ2) is 3.93. The quantitative estimate of drug-likeness (QED) is 0.476. The number of rotatable bonds is 4. The van der Waals surface area contributed by atoms with E-state index in [-0.39, 0.29) is 0 Å². The molecule has 14 heavy (non-hydrogen) atoms. The van der Waals surface area contributed by atoms with Crippen LogP contribution in [0.15, 0.2) is 12.4 Å². The van der Waals surface area contributed by atoms with Crippen molar-refractivity contribution in [2.24, 2.45) is 0 Å². The van der Waals surface area contributed by atoms with Gasteiger partial charge in [0.05, 0.1) is 0 Å². The summed E-state index contributed by atoms with van der Waals surface area (Å²) in [6.07, 6.45) is 2.12. The summed E-state index contributed by atoms with van der Waals surface area (Å²) in [4.78, 5) is 34.2. The van der Waals surface area contributed by atoms with E-state index in [2.05, 4.69) is 19.6 Å². The number of hydrogen-bond donors (Lipinski definition) is 0. The van der Waals surface area contributed by atoms with Crippen molar-refractivity contribution in [1.29, 1.82) is 0 Å². The van der Waals surface area contributed by atoms with E-state index in [1.54, 1.807) is 0 Å². The van der Waals surface area contributed by atoms with Gasteiger partial charge in [-0.25, -0.2) is 9.97 Å². The lowest BCUT2D eigenvalue weighted by atomic mass is 10.7. The maximum absolute atomic E-state index is 9.90. The van der Waals surface area contributed by atoms with Gasteiger partial charge >= 0.3 is 10.2 Å². The Morgan fingerprint density at radius 2 is 1.36 bits per heavy atom. The second-order valence-corrected chi connectivity index (χ2v) is 1.80. The molecular weight excluding hydrogens is 200 g/mol. The third kappa shape index (κ3) is 2.51. The molecule has 10 heteroatoms. The minimum atomic E-state index is -1.18. The van der Waals surface area contributed by atoms with Crippen LogP contribution in [-0.4, -0.2) is 20.1 Å². The van der Waals surface area contributed by atoms with Crippen molar-refractivity contribution in [2.75, 3.05) is 0 Å². The third-order valence-corrected chi connectivity index (χ3v) is 0.955. The van der Waals surface area contributed by atoms with E-state index in [1.807, 2.05) is 0 Å². The molecule has 0 spiro atoms. The lowest BCUT2D eigenvalue weighted by Crippen LogP contribution is -2.11. The fraction of sp³-hybridized carbons (Fsp3) is 0. The van der Waals surface area contributed by atoms with Crippen molar-refractivity contribution >= 4 is 0 Å². The van der Waals surface area contributed by atoms with Gasteiger partial charge in [0, 0.05) is 12.4 Å². The predicted molar refractivity (Wildman–Crippen MR) is 37.3 cm³/mol. The minimum Gasteiger partial charge on any atom is -0.252 e. The summed E-state index contributed by atoms with van der Waals surface area (Å²) in [5.74, 6) is -1.37. The highest BCUT2D eigenvalue weighted by Crippen LogP contribution is 2.19. The van der Waals surface area contributed by atoms with Crippen LogP contribution < -0.4 is 9.68 Å². The lowest BCUT2D eigenvalue weighted by molar-refractivity contribution is -0.723. The van der Waals surface area contributed by atoms with Gasteiger partial charge in [-0.15, -0.1) is 20.2 Å². The number of aromatic nitrogens is 2. The maximum atomic E-state index is 9.90. The van der Waals surface area contributed by atoms with Gasteiger partial charge in [0.2, 0.25) is 0 Å². The van der Waals surface area contributed by atoms with Crippen LogP contribution in [0.3, 0.4) is 0 Å². The second-order valence-electron chi connectivity index (χ2n) is 1.80. The van der Waals surface area contributed by atoms with Crippen LogP contribution in [0.1, 0.15) is 0 Å². The maximum Gasteiger partial charge on any atom is 0.301 e. The molecule has 0 aliphatic heterocycles. The van der Waals surface area contributed by atoms with Gasteiger partial charge in [-0.2, -0.15) is 0 Å². The van der Waals surface area contributed by atoms with E-state index in [4.69, 9.17) is 0 Å². The first-order valence-corrected chi connectivity index (χ1v) is 3.05. The SMILES string of the molecule is O=[N+]([O-])Oc1nccnc1O[N+](=O)[O-]. The topological polar surface area (TPSA) is 131 Å². The molecule has 0 fully saturated rings. The fourth-order valence-corrected chi connectivity index (χ4v) is 0.579. The molecule has 1 aromatic heterocycles. The molecule has 0 aromatic carbocycles. The minimum absolute atomic E-state index is 0.686. The molecule has 0 saturated heterocycles. The molecule has 0 aliphatic carbocycles. The van der Waals surface area contributed by atoms with Gasteiger partial charge in [-0.3, -0.25) is 9.68 Å². The molecular formula is C4H2N4O6. The normalized spacial score (nSPS) is 9.14. The van der Waals surface area contributed by atoms with Crippen molar-refractivity contribution in [3.8, 4) is 11.8 Å². The highest BCUT2D eigenvalue weighted by Gasteiger charge is 2.12. The van der Waals surface area contributed by atoms with Crippen LogP contribution in [0.25, 0.3) is 0 Å². The molecule has 0 bridgehead atoms. The monoisotopic (exact) mass is 202 g/mol. The molecule has 1 heterocycles. The van der Waals surface area contributed by atoms with Crippen molar-refractivity contribution in [3.05, 3.63) is 32.6 Å². The zero-order valence-electron chi connectivity index (χ0n) is 6.39. The van der Waals surface area contributed by atoms with Crippen LogP contribution >= 0.6 is 0 Å². The van der Waals surface area contributed by atoms with E-state index in [0.29, 0.717) is 0 Å². The van der Waals surface area contributed by atoms with Crippen LogP contribution in [0.2, 0.25) is 0 Å². The molecule has 0 N–H and O–H groups in total. The van der Waals surface area contributed by atoms with Gasteiger partial charge in [-0.05, 0) is 0 Å². The van der Waals surface area contributed by atoms with Gasteiger partial charge in [0.15, 0.2) is 0 Å². The molecule has 0 saturated carbocycles. The molecule has 0 unspecified atom stereocenters. The first kappa shape index (κ1) is 9.57. The van der Waals surface area contributed by atoms with Crippen LogP contribution in [-0.2, 0) is 0 Å². The molecule has 1 rings (SSSR count). The average molecular weight is 202 g/mol. The predicted octanol–water partition coefficient (Wildman–Crippen LogP) is -0.382. The average Bonchev–Trinajstić information content (AvgIpc) is 2.06. The summed E-state index contributed by atoms with van der Waals surface area (Å²) < 4.78 is 0. The Morgan fingerprint density at radius 1 is 1.00 bits per heavy atom. The zero-order valence-corrected chi connectivity index (χ0v) is 6.39. The summed E-state index contributed by atoms with van der Waals surface area (Å²) in [7, 11) is 0. The molecule has 0 amide bonds. The Kier molecular flexibility index (Phi) is 2.69. The van der Waals surface area contributed by atoms with E-state index in [1.165, 1.54) is 0 Å². The largest absolute Gasteiger partial charge is 0.301 e. The van der Waals surface area contributed by atoms with Gasteiger partial charge in [0.25, 0.3) is 11.8 Å². The molecule has 0 aliphatic rings. The van der Waals surface area contributed by atoms with E-state index >= 15 is 0 Å². The molecule has 0 radical (unpaired) electrons. The molecule has 10 nitrogen and oxygen atoms in total. The van der Waals surface area contributed by atoms with E-state index in [9.17, 15) is 20.2 Å². The molecule has 1 aromatic rings. The standard InChI is InChI=1S/C4H2N4O6/c9-7(10)13-3-4(14-8(11)12)6-2-1-5-3/h1-2H. The van der Waals surface area contributed by atoms with Crippen LogP contribution in [0, 0.1) is 20.2 Å². The Bertz CT molecular complexity index is 332. The Labute approximate surface area is 75.3 Å². The zero-order chi connectivity index (χ0) is 10.6. The lowest BCUT2D eigenvalue weighted by Gasteiger charge is -2.00.